The van der Waals surface area contributed by atoms with Crippen molar-refractivity contribution < 1.29 is 4.79 Å². The number of carbonyl (C=O) groups excluding carboxylic acids is 1. The number of nitrogens with zero attached hydrogens (tertiary/aromatic N) is 4. The van der Waals surface area contributed by atoms with Gasteiger partial charge in [-0.05, 0) is 22.6 Å². The Morgan fingerprint density at radius 1 is 1.50 bits per heavy atom. The van der Waals surface area contributed by atoms with Crippen LogP contribution in [0.3, 0.4) is 0 Å². The molecular formula is C12H17ClN6O. The van der Waals surface area contributed by atoms with Crippen molar-refractivity contribution in [3.63, 3.8) is 0 Å². The van der Waals surface area contributed by atoms with E-state index in [0.717, 1.165) is 5.56 Å². The highest BCUT2D eigenvalue weighted by molar-refractivity contribution is 5.93. The molecule has 8 heteroatoms. The van der Waals surface area contributed by atoms with Gasteiger partial charge in [-0.15, -0.1) is 17.5 Å². The van der Waals surface area contributed by atoms with Crippen LogP contribution in [0, 0.1) is 5.92 Å². The zero-order chi connectivity index (χ0) is 13.8. The molecule has 0 aliphatic heterocycles. The minimum Gasteiger partial charge on any atom is -0.330 e. The minimum atomic E-state index is -0.222. The van der Waals surface area contributed by atoms with E-state index in [1.54, 1.807) is 18.7 Å². The number of nitrogens with one attached hydrogen (secondary N) is 1. The Balaban J connectivity index is 0.00000200. The lowest BCUT2D eigenvalue weighted by molar-refractivity contribution is -0.119. The molecule has 3 N–H and O–H groups in total. The Bertz CT molecular complexity index is 585. The summed E-state index contributed by atoms with van der Waals surface area (Å²) < 4.78 is 1.57. The summed E-state index contributed by atoms with van der Waals surface area (Å²) >= 11 is 0. The third-order valence-electron chi connectivity index (χ3n) is 2.81. The molecule has 1 aromatic carbocycles. The second-order valence-corrected chi connectivity index (χ2v) is 4.33. The molecule has 0 aliphatic rings. The molecule has 0 spiro atoms. The Labute approximate surface area is 123 Å². The van der Waals surface area contributed by atoms with Crippen LogP contribution in [-0.2, 0) is 11.8 Å². The first-order chi connectivity index (χ1) is 9.11. The van der Waals surface area contributed by atoms with Crippen LogP contribution in [0.2, 0.25) is 0 Å². The van der Waals surface area contributed by atoms with E-state index in [9.17, 15) is 4.79 Å². The van der Waals surface area contributed by atoms with Gasteiger partial charge in [0.05, 0.1) is 0 Å². The highest BCUT2D eigenvalue weighted by atomic mass is 35.5. The van der Waals surface area contributed by atoms with Crippen LogP contribution in [0.1, 0.15) is 6.92 Å². The quantitative estimate of drug-likeness (QED) is 0.871. The van der Waals surface area contributed by atoms with Gasteiger partial charge in [0, 0.05) is 30.8 Å². The number of tetrazole rings is 1. The lowest BCUT2D eigenvalue weighted by atomic mass is 10.1. The van der Waals surface area contributed by atoms with E-state index < -0.39 is 0 Å². The first kappa shape index (κ1) is 16.1. The van der Waals surface area contributed by atoms with Gasteiger partial charge in [0.2, 0.25) is 5.91 Å². The van der Waals surface area contributed by atoms with Crippen LogP contribution in [0.25, 0.3) is 11.4 Å². The van der Waals surface area contributed by atoms with E-state index in [2.05, 4.69) is 20.8 Å². The second kappa shape index (κ2) is 6.97. The van der Waals surface area contributed by atoms with Crippen molar-refractivity contribution in [3.05, 3.63) is 24.3 Å². The molecule has 1 amide bonds. The number of amides is 1. The maximum Gasteiger partial charge on any atom is 0.228 e. The molecule has 2 aromatic rings. The third kappa shape index (κ3) is 3.52. The molecule has 2 rings (SSSR count). The summed E-state index contributed by atoms with van der Waals surface area (Å²) in [6, 6.07) is 7.36. The van der Waals surface area contributed by atoms with Crippen molar-refractivity contribution in [1.82, 2.24) is 20.2 Å². The maximum atomic E-state index is 11.8. The van der Waals surface area contributed by atoms with Crippen LogP contribution < -0.4 is 11.1 Å². The number of aromatic nitrogens is 4. The van der Waals surface area contributed by atoms with Crippen LogP contribution in [0.4, 0.5) is 5.69 Å². The van der Waals surface area contributed by atoms with E-state index in [1.807, 2.05) is 24.3 Å². The summed E-state index contributed by atoms with van der Waals surface area (Å²) in [5.41, 5.74) is 7.00. The van der Waals surface area contributed by atoms with Crippen LogP contribution in [-0.4, -0.2) is 32.7 Å². The number of benzene rings is 1. The largest absolute Gasteiger partial charge is 0.330 e. The number of halogens is 1. The standard InChI is InChI=1S/C12H16N6O.ClH/c1-8(7-13)12(19)14-10-5-3-4-9(6-10)11-15-16-17-18(11)2;/h3-6,8H,7,13H2,1-2H3,(H,14,19);1H. The van der Waals surface area contributed by atoms with Gasteiger partial charge in [-0.2, -0.15) is 0 Å². The van der Waals surface area contributed by atoms with Gasteiger partial charge >= 0.3 is 0 Å². The molecule has 108 valence electrons. The molecule has 20 heavy (non-hydrogen) atoms. The van der Waals surface area contributed by atoms with E-state index >= 15 is 0 Å². The number of hydrogen-bond donors (Lipinski definition) is 2. The average Bonchev–Trinajstić information content (AvgIpc) is 2.84. The fraction of sp³-hybridized carbons (Fsp3) is 0.333. The third-order valence-corrected chi connectivity index (χ3v) is 2.81. The zero-order valence-electron chi connectivity index (χ0n) is 11.3. The van der Waals surface area contributed by atoms with Gasteiger partial charge in [0.15, 0.2) is 5.82 Å². The van der Waals surface area contributed by atoms with Crippen molar-refractivity contribution in [2.24, 2.45) is 18.7 Å². The van der Waals surface area contributed by atoms with Gasteiger partial charge in [0.25, 0.3) is 0 Å². The normalized spacial score (nSPS) is 11.6. The fourth-order valence-corrected chi connectivity index (χ4v) is 1.58. The smallest absolute Gasteiger partial charge is 0.228 e. The highest BCUT2D eigenvalue weighted by Crippen LogP contribution is 2.19. The molecule has 7 nitrogen and oxygen atoms in total. The molecule has 0 fully saturated rings. The molecule has 1 atom stereocenters. The molecule has 0 aliphatic carbocycles. The average molecular weight is 297 g/mol. The molecule has 1 heterocycles. The Morgan fingerprint density at radius 2 is 2.25 bits per heavy atom. The molecule has 1 aromatic heterocycles. The summed E-state index contributed by atoms with van der Waals surface area (Å²) in [6.45, 7) is 2.10. The predicted octanol–water partition coefficient (Wildman–Crippen LogP) is 0.832. The maximum absolute atomic E-state index is 11.8. The molecule has 0 saturated heterocycles. The van der Waals surface area contributed by atoms with Gasteiger partial charge in [0.1, 0.15) is 0 Å². The topological polar surface area (TPSA) is 98.7 Å². The summed E-state index contributed by atoms with van der Waals surface area (Å²) in [7, 11) is 1.76. The Morgan fingerprint density at radius 3 is 2.85 bits per heavy atom. The van der Waals surface area contributed by atoms with E-state index in [1.165, 1.54) is 0 Å². The number of nitrogens with two attached hydrogens (primary N) is 1. The first-order valence-corrected chi connectivity index (χ1v) is 5.95. The van der Waals surface area contributed by atoms with Gasteiger partial charge < -0.3 is 11.1 Å². The van der Waals surface area contributed by atoms with Gasteiger partial charge in [-0.25, -0.2) is 4.68 Å². The van der Waals surface area contributed by atoms with Crippen LogP contribution >= 0.6 is 12.4 Å². The van der Waals surface area contributed by atoms with E-state index in [-0.39, 0.29) is 24.2 Å². The summed E-state index contributed by atoms with van der Waals surface area (Å²) in [4.78, 5) is 11.8. The number of hydrogen-bond acceptors (Lipinski definition) is 5. The van der Waals surface area contributed by atoms with Crippen molar-refractivity contribution in [3.8, 4) is 11.4 Å². The Kier molecular flexibility index (Phi) is 5.60. The zero-order valence-corrected chi connectivity index (χ0v) is 12.1. The second-order valence-electron chi connectivity index (χ2n) is 4.33. The van der Waals surface area contributed by atoms with Crippen LogP contribution in [0.5, 0.6) is 0 Å². The number of rotatable bonds is 4. The molecule has 0 radical (unpaired) electrons. The van der Waals surface area contributed by atoms with E-state index in [4.69, 9.17) is 5.73 Å². The monoisotopic (exact) mass is 296 g/mol. The van der Waals surface area contributed by atoms with E-state index in [0.29, 0.717) is 18.1 Å². The Hall–Kier alpha value is -1.99. The summed E-state index contributed by atoms with van der Waals surface area (Å²) in [5.74, 6) is 0.318. The van der Waals surface area contributed by atoms with Crippen molar-refractivity contribution >= 4 is 24.0 Å². The number of carbonyl (C=O) groups is 1. The highest BCUT2D eigenvalue weighted by Gasteiger charge is 2.12. The molecule has 1 unspecified atom stereocenters. The SMILES string of the molecule is CC(CN)C(=O)Nc1cccc(-c2nnnn2C)c1.Cl. The number of aryl methyl sites for hydroxylation is 1. The number of anilines is 1. The van der Waals surface area contributed by atoms with Crippen molar-refractivity contribution in [1.29, 1.82) is 0 Å². The summed E-state index contributed by atoms with van der Waals surface area (Å²) in [5, 5.41) is 14.1. The first-order valence-electron chi connectivity index (χ1n) is 5.95. The molecular weight excluding hydrogens is 280 g/mol. The molecule has 0 bridgehead atoms. The fourth-order valence-electron chi connectivity index (χ4n) is 1.58. The summed E-state index contributed by atoms with van der Waals surface area (Å²) in [6.07, 6.45) is 0. The van der Waals surface area contributed by atoms with Gasteiger partial charge in [-0.1, -0.05) is 19.1 Å². The van der Waals surface area contributed by atoms with Crippen LogP contribution in [0.15, 0.2) is 24.3 Å². The lowest BCUT2D eigenvalue weighted by Crippen LogP contribution is -2.26. The predicted molar refractivity (Wildman–Crippen MR) is 78.3 cm³/mol. The van der Waals surface area contributed by atoms with Crippen molar-refractivity contribution in [2.45, 2.75) is 6.92 Å². The minimum absolute atomic E-state index is 0. The lowest BCUT2D eigenvalue weighted by Gasteiger charge is -2.10. The van der Waals surface area contributed by atoms with Crippen molar-refractivity contribution in [2.75, 3.05) is 11.9 Å². The molecule has 0 saturated carbocycles. The van der Waals surface area contributed by atoms with Gasteiger partial charge in [-0.3, -0.25) is 4.79 Å².